The minimum Gasteiger partial charge on any atom is -0.361 e. The quantitative estimate of drug-likeness (QED) is 0.838. The van der Waals surface area contributed by atoms with Gasteiger partial charge >= 0.3 is 0 Å². The molecule has 1 aliphatic heterocycles. The van der Waals surface area contributed by atoms with Gasteiger partial charge in [0.2, 0.25) is 0 Å². The van der Waals surface area contributed by atoms with Gasteiger partial charge in [0.25, 0.3) is 5.91 Å². The molecule has 0 saturated heterocycles. The van der Waals surface area contributed by atoms with Gasteiger partial charge in [-0.05, 0) is 45.1 Å². The Morgan fingerprint density at radius 3 is 2.59 bits per heavy atom. The maximum atomic E-state index is 12.9. The highest BCUT2D eigenvalue weighted by molar-refractivity contribution is 7.10. The van der Waals surface area contributed by atoms with Crippen LogP contribution in [0.25, 0.3) is 0 Å². The minimum absolute atomic E-state index is 0.0100. The van der Waals surface area contributed by atoms with Gasteiger partial charge in [0.15, 0.2) is 0 Å². The van der Waals surface area contributed by atoms with Crippen LogP contribution in [0.3, 0.4) is 0 Å². The summed E-state index contributed by atoms with van der Waals surface area (Å²) < 4.78 is 5.29. The Kier molecular flexibility index (Phi) is 5.25. The average molecular weight is 390 g/mol. The van der Waals surface area contributed by atoms with E-state index in [4.69, 9.17) is 4.52 Å². The van der Waals surface area contributed by atoms with Crippen LogP contribution >= 0.6 is 11.3 Å². The molecule has 0 aliphatic carbocycles. The molecule has 1 N–H and O–H groups in total. The minimum atomic E-state index is -0.275. The summed E-state index contributed by atoms with van der Waals surface area (Å²) >= 11 is 1.70. The van der Waals surface area contributed by atoms with Crippen molar-refractivity contribution in [2.75, 3.05) is 6.54 Å². The van der Waals surface area contributed by atoms with Gasteiger partial charge in [-0.25, -0.2) is 0 Å². The third-order valence-electron chi connectivity index (χ3n) is 6.13. The number of hydrogen-bond acceptors (Lipinski definition) is 5. The fraction of sp³-hybridized carbons (Fsp3) is 0.619. The summed E-state index contributed by atoms with van der Waals surface area (Å²) in [5.74, 6) is 0.945. The molecule has 0 bridgehead atoms. The second-order valence-electron chi connectivity index (χ2n) is 9.14. The Morgan fingerprint density at radius 1 is 1.30 bits per heavy atom. The maximum Gasteiger partial charge on any atom is 0.252 e. The van der Waals surface area contributed by atoms with Gasteiger partial charge < -0.3 is 9.84 Å². The third-order valence-corrected chi connectivity index (χ3v) is 7.15. The van der Waals surface area contributed by atoms with Gasteiger partial charge in [-0.2, -0.15) is 0 Å². The van der Waals surface area contributed by atoms with E-state index in [1.165, 1.54) is 16.0 Å². The van der Waals surface area contributed by atoms with Gasteiger partial charge in [-0.1, -0.05) is 25.9 Å². The highest BCUT2D eigenvalue weighted by Gasteiger charge is 2.35. The van der Waals surface area contributed by atoms with Gasteiger partial charge in [0, 0.05) is 41.0 Å². The number of amides is 1. The number of rotatable bonds is 4. The number of nitrogens with one attached hydrogen (secondary N) is 1. The van der Waals surface area contributed by atoms with E-state index in [1.54, 1.807) is 11.3 Å². The summed E-state index contributed by atoms with van der Waals surface area (Å²) in [6, 6.07) is 0. The second-order valence-corrected chi connectivity index (χ2v) is 10.1. The maximum absolute atomic E-state index is 12.9. The number of hydrogen-bond donors (Lipinski definition) is 1. The number of nitrogens with zero attached hydrogens (tertiary/aromatic N) is 2. The molecular weight excluding hydrogens is 358 g/mol. The normalized spacial score (nSPS) is 15.7. The molecule has 0 atom stereocenters. The lowest BCUT2D eigenvalue weighted by Gasteiger charge is -2.39. The Bertz CT molecular complexity index is 823. The van der Waals surface area contributed by atoms with Crippen LogP contribution in [-0.4, -0.2) is 28.0 Å². The van der Waals surface area contributed by atoms with Crippen LogP contribution < -0.4 is 5.32 Å². The molecule has 0 spiro atoms. The largest absolute Gasteiger partial charge is 0.361 e. The Morgan fingerprint density at radius 2 is 2.00 bits per heavy atom. The lowest BCUT2D eigenvalue weighted by molar-refractivity contribution is 0.0828. The van der Waals surface area contributed by atoms with Crippen molar-refractivity contribution in [1.82, 2.24) is 15.4 Å². The summed E-state index contributed by atoms with van der Waals surface area (Å²) in [5, 5.41) is 9.33. The first-order chi connectivity index (χ1) is 12.5. The average Bonchev–Trinajstić information content (AvgIpc) is 3.11. The van der Waals surface area contributed by atoms with Gasteiger partial charge in [0.1, 0.15) is 5.76 Å². The number of fused-ring (bicyclic) bond motifs is 1. The van der Waals surface area contributed by atoms with E-state index in [9.17, 15) is 4.79 Å². The Hall–Kier alpha value is -1.66. The van der Waals surface area contributed by atoms with Crippen molar-refractivity contribution in [3.8, 4) is 0 Å². The van der Waals surface area contributed by atoms with E-state index < -0.39 is 0 Å². The third kappa shape index (κ3) is 3.97. The molecule has 3 rings (SSSR count). The molecule has 1 amide bonds. The molecule has 0 radical (unpaired) electrons. The van der Waals surface area contributed by atoms with E-state index in [0.29, 0.717) is 0 Å². The van der Waals surface area contributed by atoms with Crippen LogP contribution in [0.1, 0.15) is 72.4 Å². The predicted octanol–water partition coefficient (Wildman–Crippen LogP) is 4.47. The van der Waals surface area contributed by atoms with Crippen LogP contribution in [0, 0.1) is 19.3 Å². The number of aryl methyl sites for hydroxylation is 2. The molecule has 0 unspecified atom stereocenters. The van der Waals surface area contributed by atoms with Crippen molar-refractivity contribution in [2.45, 2.75) is 73.5 Å². The summed E-state index contributed by atoms with van der Waals surface area (Å²) in [7, 11) is 0. The summed E-state index contributed by atoms with van der Waals surface area (Å²) in [6.45, 7) is 17.3. The number of carbonyl (C=O) groups is 1. The van der Waals surface area contributed by atoms with Crippen molar-refractivity contribution >= 4 is 17.2 Å². The molecule has 0 aromatic carbocycles. The van der Waals surface area contributed by atoms with Crippen LogP contribution in [0.2, 0.25) is 0 Å². The number of thiophene rings is 1. The first-order valence-electron chi connectivity index (χ1n) is 9.55. The molecule has 148 valence electrons. The van der Waals surface area contributed by atoms with E-state index in [-0.39, 0.29) is 16.9 Å². The first-order valence-corrected chi connectivity index (χ1v) is 10.4. The fourth-order valence-corrected chi connectivity index (χ4v) is 4.32. The van der Waals surface area contributed by atoms with E-state index in [2.05, 4.69) is 50.0 Å². The molecule has 6 heteroatoms. The zero-order valence-corrected chi connectivity index (χ0v) is 18.3. The molecule has 0 fully saturated rings. The molecule has 27 heavy (non-hydrogen) atoms. The zero-order chi connectivity index (χ0) is 20.0. The zero-order valence-electron chi connectivity index (χ0n) is 17.5. The van der Waals surface area contributed by atoms with Gasteiger partial charge in [0.05, 0.1) is 11.3 Å². The summed E-state index contributed by atoms with van der Waals surface area (Å²) in [5.41, 5.74) is 3.93. The van der Waals surface area contributed by atoms with Crippen molar-refractivity contribution in [2.24, 2.45) is 5.41 Å². The van der Waals surface area contributed by atoms with Crippen molar-refractivity contribution < 1.29 is 9.32 Å². The van der Waals surface area contributed by atoms with Crippen molar-refractivity contribution in [1.29, 1.82) is 0 Å². The van der Waals surface area contributed by atoms with Gasteiger partial charge in [-0.15, -0.1) is 11.3 Å². The second kappa shape index (κ2) is 7.06. The van der Waals surface area contributed by atoms with E-state index >= 15 is 0 Å². The molecular formula is C21H31N3O2S. The van der Waals surface area contributed by atoms with E-state index in [0.717, 1.165) is 43.1 Å². The standard InChI is InChI=1S/C21H31N3O2S/c1-13-16(14(2)26-23-13)10-24-9-8-15-17(12-27-18(15)11-24)19(25)22-21(6,7)20(3,4)5/h12H,8-11H2,1-7H3,(H,22,25). The highest BCUT2D eigenvalue weighted by atomic mass is 32.1. The predicted molar refractivity (Wildman–Crippen MR) is 109 cm³/mol. The van der Waals surface area contributed by atoms with Crippen LogP contribution in [-0.2, 0) is 19.5 Å². The van der Waals surface area contributed by atoms with Crippen LogP contribution in [0.15, 0.2) is 9.90 Å². The molecule has 2 aromatic rings. The Labute approximate surface area is 166 Å². The van der Waals surface area contributed by atoms with Crippen LogP contribution in [0.4, 0.5) is 0 Å². The number of aromatic nitrogens is 1. The molecule has 2 aromatic heterocycles. The van der Waals surface area contributed by atoms with Gasteiger partial charge in [-0.3, -0.25) is 9.69 Å². The van der Waals surface area contributed by atoms with Crippen LogP contribution in [0.5, 0.6) is 0 Å². The number of carbonyl (C=O) groups excluding carboxylic acids is 1. The lowest BCUT2D eigenvalue weighted by Crippen LogP contribution is -2.52. The van der Waals surface area contributed by atoms with E-state index in [1.807, 2.05) is 19.2 Å². The Balaban J connectivity index is 1.72. The highest BCUT2D eigenvalue weighted by Crippen LogP contribution is 2.33. The fourth-order valence-electron chi connectivity index (χ4n) is 3.20. The summed E-state index contributed by atoms with van der Waals surface area (Å²) in [6.07, 6.45) is 0.904. The lowest BCUT2D eigenvalue weighted by atomic mass is 9.76. The molecule has 0 saturated carbocycles. The SMILES string of the molecule is Cc1noc(C)c1CN1CCc2c(C(=O)NC(C)(C)C(C)(C)C)csc2C1. The topological polar surface area (TPSA) is 58.4 Å². The molecule has 3 heterocycles. The first kappa shape index (κ1) is 20.1. The molecule has 1 aliphatic rings. The van der Waals surface area contributed by atoms with Crippen molar-refractivity contribution in [3.05, 3.63) is 38.4 Å². The van der Waals surface area contributed by atoms with Crippen molar-refractivity contribution in [3.63, 3.8) is 0 Å². The smallest absolute Gasteiger partial charge is 0.252 e. The molecule has 5 nitrogen and oxygen atoms in total. The monoisotopic (exact) mass is 389 g/mol. The summed E-state index contributed by atoms with van der Waals surface area (Å²) in [4.78, 5) is 16.6.